The van der Waals surface area contributed by atoms with E-state index >= 15 is 0 Å². The van der Waals surface area contributed by atoms with Crippen LogP contribution in [0, 0.1) is 10.1 Å². The highest BCUT2D eigenvalue weighted by Crippen LogP contribution is 2.42. The largest absolute Gasteiger partial charge is 0.507 e. The van der Waals surface area contributed by atoms with Crippen LogP contribution in [0.3, 0.4) is 0 Å². The Bertz CT molecular complexity index is 814. The lowest BCUT2D eigenvalue weighted by molar-refractivity contribution is -0.383. The van der Waals surface area contributed by atoms with E-state index in [1.165, 1.54) is 6.07 Å². The fraction of sp³-hybridized carbons (Fsp3) is 0.400. The molecule has 5 nitrogen and oxygen atoms in total. The smallest absolute Gasteiger partial charge is 0.294 e. The molecule has 6 heteroatoms. The molecular weight excluding hydrogens is 352 g/mol. The van der Waals surface area contributed by atoms with Gasteiger partial charge in [0.25, 0.3) is 5.69 Å². The van der Waals surface area contributed by atoms with Crippen molar-refractivity contribution in [1.29, 1.82) is 0 Å². The van der Waals surface area contributed by atoms with Crippen molar-refractivity contribution in [1.82, 2.24) is 0 Å². The number of nitrogens with one attached hydrogen (secondary N) is 1. The Morgan fingerprint density at radius 2 is 1.50 bits per heavy atom. The third-order valence-electron chi connectivity index (χ3n) is 4.16. The second kappa shape index (κ2) is 6.80. The van der Waals surface area contributed by atoms with E-state index in [0.29, 0.717) is 16.4 Å². The number of phenols is 1. The molecule has 140 valence electrons. The second-order valence-corrected chi connectivity index (χ2v) is 8.90. The Labute approximate surface area is 159 Å². The molecule has 0 aliphatic rings. The molecule has 0 aliphatic carbocycles. The Kier molecular flexibility index (Phi) is 5.24. The van der Waals surface area contributed by atoms with Gasteiger partial charge in [-0.3, -0.25) is 10.1 Å². The number of hydrogen-bond acceptors (Lipinski definition) is 4. The number of rotatable bonds is 3. The highest BCUT2D eigenvalue weighted by Gasteiger charge is 2.27. The van der Waals surface area contributed by atoms with Crippen molar-refractivity contribution in [3.05, 3.63) is 56.6 Å². The zero-order valence-electron chi connectivity index (χ0n) is 16.0. The number of benzene rings is 2. The zero-order valence-corrected chi connectivity index (χ0v) is 16.7. The maximum Gasteiger partial charge on any atom is 0.294 e. The summed E-state index contributed by atoms with van der Waals surface area (Å²) in [5.41, 5.74) is 1.93. The summed E-state index contributed by atoms with van der Waals surface area (Å²) in [5.74, 6) is 0.265. The molecule has 0 saturated carbocycles. The zero-order chi connectivity index (χ0) is 19.9. The molecule has 0 radical (unpaired) electrons. The number of phenolic OH excluding ortho intramolecular Hbond substituents is 1. The maximum atomic E-state index is 11.3. The summed E-state index contributed by atoms with van der Waals surface area (Å²) >= 11 is 5.89. The first-order valence-electron chi connectivity index (χ1n) is 8.39. The molecular formula is C20H25ClN2O3. The molecule has 26 heavy (non-hydrogen) atoms. The molecule has 0 aliphatic heterocycles. The molecule has 2 aromatic rings. The van der Waals surface area contributed by atoms with E-state index in [2.05, 4.69) is 5.32 Å². The lowest BCUT2D eigenvalue weighted by atomic mass is 9.79. The average molecular weight is 377 g/mol. The number of nitro benzene ring substituents is 1. The topological polar surface area (TPSA) is 75.4 Å². The number of nitrogens with zero attached hydrogens (tertiary/aromatic N) is 1. The minimum Gasteiger partial charge on any atom is -0.507 e. The van der Waals surface area contributed by atoms with E-state index in [1.807, 2.05) is 53.7 Å². The minimum atomic E-state index is -0.468. The quantitative estimate of drug-likeness (QED) is 0.375. The van der Waals surface area contributed by atoms with Crippen LogP contribution in [0.1, 0.15) is 52.7 Å². The number of anilines is 2. The van der Waals surface area contributed by atoms with Crippen LogP contribution in [-0.2, 0) is 10.8 Å². The minimum absolute atomic E-state index is 0.0970. The van der Waals surface area contributed by atoms with Gasteiger partial charge in [0, 0.05) is 27.9 Å². The summed E-state index contributed by atoms with van der Waals surface area (Å²) < 4.78 is 0. The van der Waals surface area contributed by atoms with Crippen molar-refractivity contribution in [2.24, 2.45) is 0 Å². The van der Waals surface area contributed by atoms with Gasteiger partial charge in [-0.2, -0.15) is 0 Å². The fourth-order valence-corrected chi connectivity index (χ4v) is 2.93. The van der Waals surface area contributed by atoms with Crippen LogP contribution in [0.15, 0.2) is 30.3 Å². The first kappa shape index (κ1) is 20.0. The van der Waals surface area contributed by atoms with Crippen LogP contribution in [-0.4, -0.2) is 10.0 Å². The molecule has 0 heterocycles. The predicted octanol–water partition coefficient (Wildman–Crippen LogP) is 6.29. The molecule has 0 unspecified atom stereocenters. The van der Waals surface area contributed by atoms with Gasteiger partial charge in [0.05, 0.1) is 4.92 Å². The van der Waals surface area contributed by atoms with Crippen LogP contribution >= 0.6 is 11.6 Å². The Balaban J connectivity index is 2.63. The van der Waals surface area contributed by atoms with E-state index in [9.17, 15) is 15.2 Å². The van der Waals surface area contributed by atoms with E-state index in [1.54, 1.807) is 12.1 Å². The van der Waals surface area contributed by atoms with Crippen molar-refractivity contribution >= 4 is 28.7 Å². The van der Waals surface area contributed by atoms with Gasteiger partial charge in [0.1, 0.15) is 11.4 Å². The summed E-state index contributed by atoms with van der Waals surface area (Å²) in [4.78, 5) is 10.9. The normalized spacial score (nSPS) is 12.1. The summed E-state index contributed by atoms with van der Waals surface area (Å²) in [6, 6.07) is 8.18. The SMILES string of the molecule is CC(C)(C)c1cc(Nc2ccc(Cl)cc2[N+](=O)[O-])cc(C(C)(C)C)c1O. The summed E-state index contributed by atoms with van der Waals surface area (Å²) in [6.07, 6.45) is 0. The maximum absolute atomic E-state index is 11.3. The Morgan fingerprint density at radius 3 is 1.92 bits per heavy atom. The van der Waals surface area contributed by atoms with E-state index < -0.39 is 4.92 Å². The third kappa shape index (κ3) is 4.28. The molecule has 0 fully saturated rings. The first-order chi connectivity index (χ1) is 11.8. The lowest BCUT2D eigenvalue weighted by Gasteiger charge is -2.28. The van der Waals surface area contributed by atoms with Crippen molar-refractivity contribution in [2.75, 3.05) is 5.32 Å². The van der Waals surface area contributed by atoms with E-state index in [-0.39, 0.29) is 22.3 Å². The van der Waals surface area contributed by atoms with Crippen molar-refractivity contribution in [3.8, 4) is 5.75 Å². The predicted molar refractivity (Wildman–Crippen MR) is 107 cm³/mol. The fourth-order valence-electron chi connectivity index (χ4n) is 2.77. The average Bonchev–Trinajstić information content (AvgIpc) is 2.48. The van der Waals surface area contributed by atoms with Crippen LogP contribution in [0.5, 0.6) is 5.75 Å². The van der Waals surface area contributed by atoms with Crippen LogP contribution in [0.4, 0.5) is 17.1 Å². The van der Waals surface area contributed by atoms with Gasteiger partial charge in [-0.25, -0.2) is 0 Å². The van der Waals surface area contributed by atoms with Gasteiger partial charge in [-0.15, -0.1) is 0 Å². The molecule has 2 aromatic carbocycles. The molecule has 2 N–H and O–H groups in total. The molecule has 0 bridgehead atoms. The van der Waals surface area contributed by atoms with Crippen molar-refractivity contribution in [3.63, 3.8) is 0 Å². The Morgan fingerprint density at radius 1 is 1.00 bits per heavy atom. The van der Waals surface area contributed by atoms with Gasteiger partial charge < -0.3 is 10.4 Å². The molecule has 0 atom stereocenters. The molecule has 0 spiro atoms. The number of aromatic hydroxyl groups is 1. The lowest BCUT2D eigenvalue weighted by Crippen LogP contribution is -2.17. The highest BCUT2D eigenvalue weighted by molar-refractivity contribution is 6.30. The van der Waals surface area contributed by atoms with E-state index in [0.717, 1.165) is 11.1 Å². The summed E-state index contributed by atoms with van der Waals surface area (Å²) in [7, 11) is 0. The van der Waals surface area contributed by atoms with Gasteiger partial charge >= 0.3 is 0 Å². The highest BCUT2D eigenvalue weighted by atomic mass is 35.5. The third-order valence-corrected chi connectivity index (χ3v) is 4.40. The monoisotopic (exact) mass is 376 g/mol. The van der Waals surface area contributed by atoms with Crippen molar-refractivity contribution in [2.45, 2.75) is 52.4 Å². The molecule has 0 saturated heterocycles. The number of nitro groups is 1. The standard InChI is InChI=1S/C20H25ClN2O3/c1-19(2,3)14-10-13(11-15(18(14)24)20(4,5)6)22-16-8-7-12(21)9-17(16)23(25)26/h7-11,22,24H,1-6H3. The van der Waals surface area contributed by atoms with Crippen LogP contribution in [0.25, 0.3) is 0 Å². The second-order valence-electron chi connectivity index (χ2n) is 8.46. The van der Waals surface area contributed by atoms with Crippen molar-refractivity contribution < 1.29 is 10.0 Å². The first-order valence-corrected chi connectivity index (χ1v) is 8.77. The van der Waals surface area contributed by atoms with Gasteiger partial charge in [-0.1, -0.05) is 53.1 Å². The van der Waals surface area contributed by atoms with Crippen LogP contribution in [0.2, 0.25) is 5.02 Å². The van der Waals surface area contributed by atoms with Crippen LogP contribution < -0.4 is 5.32 Å². The molecule has 0 aromatic heterocycles. The van der Waals surface area contributed by atoms with Gasteiger partial charge in [0.15, 0.2) is 0 Å². The number of hydrogen-bond donors (Lipinski definition) is 2. The van der Waals surface area contributed by atoms with Gasteiger partial charge in [0.2, 0.25) is 0 Å². The van der Waals surface area contributed by atoms with E-state index in [4.69, 9.17) is 11.6 Å². The molecule has 0 amide bonds. The Hall–Kier alpha value is -2.27. The summed E-state index contributed by atoms with van der Waals surface area (Å²) in [5, 5.41) is 25.5. The molecule has 2 rings (SSSR count). The number of halogens is 1. The summed E-state index contributed by atoms with van der Waals surface area (Å²) in [6.45, 7) is 12.1. The van der Waals surface area contributed by atoms with Gasteiger partial charge in [-0.05, 0) is 35.1 Å².